The number of fused-ring (bicyclic) bond motifs is 1. The predicted molar refractivity (Wildman–Crippen MR) is 171 cm³/mol. The molecule has 0 radical (unpaired) electrons. The lowest BCUT2D eigenvalue weighted by Gasteiger charge is -2.34. The number of anilines is 3. The second-order valence-electron chi connectivity index (χ2n) is 11.4. The summed E-state index contributed by atoms with van der Waals surface area (Å²) in [5.74, 6) is 1.05. The van der Waals surface area contributed by atoms with Gasteiger partial charge in [-0.15, -0.1) is 0 Å². The summed E-state index contributed by atoms with van der Waals surface area (Å²) in [5, 5.41) is 4.50. The number of pyridine rings is 2. The first-order valence-corrected chi connectivity index (χ1v) is 15.3. The standard InChI is InChI=1S/C32H37ClN8O2/c1-4-28(42)40-13-7-8-23(20-40)41-30-25(21(2)29(31(41)43)24-9-5-6-10-26(24)33)19-35-32(37-30)36-27-12-11-22(18-34-27)39-16-14-38(3)15-17-39/h5-6,9-12,18-19,23H,4,7-8,13-17,20H2,1-3H3,(H,34,35,36,37)/t23-/m0/s1. The Morgan fingerprint density at radius 2 is 1.84 bits per heavy atom. The Morgan fingerprint density at radius 1 is 1.05 bits per heavy atom. The Morgan fingerprint density at radius 3 is 2.56 bits per heavy atom. The molecule has 10 nitrogen and oxygen atoms in total. The van der Waals surface area contributed by atoms with E-state index in [0.29, 0.717) is 53.1 Å². The van der Waals surface area contributed by atoms with Gasteiger partial charge >= 0.3 is 0 Å². The first kappa shape index (κ1) is 29.1. The number of piperidine rings is 1. The molecule has 0 spiro atoms. The van der Waals surface area contributed by atoms with Gasteiger partial charge in [0, 0.05) is 67.9 Å². The number of likely N-dealkylation sites (tertiary alicyclic amines) is 1. The first-order chi connectivity index (χ1) is 20.8. The van der Waals surface area contributed by atoms with Crippen molar-refractivity contribution in [2.45, 2.75) is 39.2 Å². The summed E-state index contributed by atoms with van der Waals surface area (Å²) in [6.45, 7) is 8.90. The molecule has 43 heavy (non-hydrogen) atoms. The molecule has 2 saturated heterocycles. The SMILES string of the molecule is CCC(=O)N1CCC[C@H](n2c(=O)c(-c3ccccc3Cl)c(C)c3cnc(Nc4ccc(N5CCN(C)CC5)cn4)nc32)C1. The number of hydrogen-bond donors (Lipinski definition) is 1. The lowest BCUT2D eigenvalue weighted by molar-refractivity contribution is -0.132. The molecule has 1 aromatic carbocycles. The Hall–Kier alpha value is -4.02. The number of nitrogens with zero attached hydrogens (tertiary/aromatic N) is 7. The van der Waals surface area contributed by atoms with Crippen LogP contribution in [0.3, 0.4) is 0 Å². The van der Waals surface area contributed by atoms with Crippen molar-refractivity contribution in [2.75, 3.05) is 56.5 Å². The smallest absolute Gasteiger partial charge is 0.260 e. The molecule has 5 heterocycles. The van der Waals surface area contributed by atoms with Gasteiger partial charge in [0.25, 0.3) is 5.56 Å². The van der Waals surface area contributed by atoms with Crippen LogP contribution in [0.5, 0.6) is 0 Å². The van der Waals surface area contributed by atoms with Crippen molar-refractivity contribution >= 4 is 46.0 Å². The zero-order valence-corrected chi connectivity index (χ0v) is 25.6. The Labute approximate surface area is 256 Å². The Bertz CT molecular complexity index is 1700. The fourth-order valence-corrected chi connectivity index (χ4v) is 6.38. The van der Waals surface area contributed by atoms with Gasteiger partial charge in [-0.1, -0.05) is 36.7 Å². The van der Waals surface area contributed by atoms with E-state index in [1.54, 1.807) is 16.8 Å². The Kier molecular flexibility index (Phi) is 8.32. The molecule has 3 aromatic heterocycles. The highest BCUT2D eigenvalue weighted by molar-refractivity contribution is 6.33. The normalized spacial score (nSPS) is 17.8. The minimum atomic E-state index is -0.232. The summed E-state index contributed by atoms with van der Waals surface area (Å²) in [6.07, 6.45) is 5.62. The van der Waals surface area contributed by atoms with Crippen molar-refractivity contribution in [2.24, 2.45) is 0 Å². The average Bonchev–Trinajstić information content (AvgIpc) is 3.02. The van der Waals surface area contributed by atoms with Crippen molar-refractivity contribution in [1.29, 1.82) is 0 Å². The highest BCUT2D eigenvalue weighted by atomic mass is 35.5. The van der Waals surface area contributed by atoms with Crippen molar-refractivity contribution in [3.8, 4) is 11.1 Å². The van der Waals surface area contributed by atoms with Gasteiger partial charge < -0.3 is 20.0 Å². The van der Waals surface area contributed by atoms with E-state index in [9.17, 15) is 9.59 Å². The molecule has 0 unspecified atom stereocenters. The maximum atomic E-state index is 14.4. The minimum absolute atomic E-state index is 0.0866. The molecule has 0 aliphatic carbocycles. The van der Waals surface area contributed by atoms with Crippen molar-refractivity contribution in [1.82, 2.24) is 29.3 Å². The minimum Gasteiger partial charge on any atom is -0.368 e. The van der Waals surface area contributed by atoms with Crippen LogP contribution in [0.4, 0.5) is 17.5 Å². The maximum absolute atomic E-state index is 14.4. The molecule has 11 heteroatoms. The molecule has 0 saturated carbocycles. The number of piperazine rings is 1. The summed E-state index contributed by atoms with van der Waals surface area (Å²) in [5.41, 5.74) is 3.41. The van der Waals surface area contributed by atoms with Crippen LogP contribution in [0.2, 0.25) is 5.02 Å². The van der Waals surface area contributed by atoms with Crippen LogP contribution in [0.1, 0.15) is 37.8 Å². The van der Waals surface area contributed by atoms with E-state index in [-0.39, 0.29) is 17.5 Å². The number of carbonyl (C=O) groups is 1. The summed E-state index contributed by atoms with van der Waals surface area (Å²) >= 11 is 6.60. The second kappa shape index (κ2) is 12.3. The lowest BCUT2D eigenvalue weighted by atomic mass is 9.98. The van der Waals surface area contributed by atoms with E-state index < -0.39 is 0 Å². The number of rotatable bonds is 6. The number of likely N-dealkylation sites (N-methyl/N-ethyl adjacent to an activating group) is 1. The van der Waals surface area contributed by atoms with Gasteiger partial charge in [0.15, 0.2) is 0 Å². The van der Waals surface area contributed by atoms with E-state index in [0.717, 1.165) is 55.7 Å². The molecule has 1 N–H and O–H groups in total. The fraction of sp³-hybridized carbons (Fsp3) is 0.406. The summed E-state index contributed by atoms with van der Waals surface area (Å²) < 4.78 is 1.76. The molecule has 0 bridgehead atoms. The van der Waals surface area contributed by atoms with Crippen LogP contribution in [0, 0.1) is 6.92 Å². The van der Waals surface area contributed by atoms with E-state index in [2.05, 4.69) is 38.2 Å². The highest BCUT2D eigenvalue weighted by Crippen LogP contribution is 2.33. The molecular formula is C32H37ClN8O2. The van der Waals surface area contributed by atoms with Gasteiger partial charge in [0.05, 0.1) is 23.5 Å². The number of amides is 1. The predicted octanol–water partition coefficient (Wildman–Crippen LogP) is 4.88. The zero-order chi connectivity index (χ0) is 30.1. The molecule has 1 amide bonds. The molecule has 4 aromatic rings. The van der Waals surface area contributed by atoms with Crippen molar-refractivity contribution in [3.05, 3.63) is 69.7 Å². The first-order valence-electron chi connectivity index (χ1n) is 14.9. The second-order valence-corrected chi connectivity index (χ2v) is 11.8. The number of halogens is 1. The quantitative estimate of drug-likeness (QED) is 0.334. The third kappa shape index (κ3) is 5.81. The van der Waals surface area contributed by atoms with Gasteiger partial charge in [0.1, 0.15) is 11.5 Å². The topological polar surface area (TPSA) is 99.5 Å². The van der Waals surface area contributed by atoms with Crippen LogP contribution in [-0.2, 0) is 4.79 Å². The number of nitrogens with one attached hydrogen (secondary N) is 1. The monoisotopic (exact) mass is 600 g/mol. The van der Waals surface area contributed by atoms with E-state index in [1.807, 2.05) is 49.2 Å². The van der Waals surface area contributed by atoms with Crippen LogP contribution in [0.15, 0.2) is 53.6 Å². The molecule has 1 atom stereocenters. The zero-order valence-electron chi connectivity index (χ0n) is 24.9. The third-order valence-electron chi connectivity index (χ3n) is 8.62. The largest absolute Gasteiger partial charge is 0.368 e. The van der Waals surface area contributed by atoms with E-state index in [4.69, 9.17) is 16.6 Å². The van der Waals surface area contributed by atoms with Crippen molar-refractivity contribution in [3.63, 3.8) is 0 Å². The van der Waals surface area contributed by atoms with Crippen LogP contribution in [0.25, 0.3) is 22.2 Å². The maximum Gasteiger partial charge on any atom is 0.260 e. The van der Waals surface area contributed by atoms with Crippen LogP contribution in [-0.4, -0.2) is 81.5 Å². The van der Waals surface area contributed by atoms with Crippen molar-refractivity contribution < 1.29 is 4.79 Å². The Balaban J connectivity index is 1.40. The highest BCUT2D eigenvalue weighted by Gasteiger charge is 2.29. The molecule has 2 aliphatic rings. The van der Waals surface area contributed by atoms with Crippen LogP contribution >= 0.6 is 11.6 Å². The molecule has 2 aliphatic heterocycles. The van der Waals surface area contributed by atoms with Gasteiger partial charge in [-0.2, -0.15) is 4.98 Å². The number of benzene rings is 1. The average molecular weight is 601 g/mol. The van der Waals surface area contributed by atoms with E-state index >= 15 is 0 Å². The molecular weight excluding hydrogens is 564 g/mol. The number of aryl methyl sites for hydroxylation is 1. The number of aromatic nitrogens is 4. The summed E-state index contributed by atoms with van der Waals surface area (Å²) in [7, 11) is 2.14. The van der Waals surface area contributed by atoms with Crippen LogP contribution < -0.4 is 15.8 Å². The van der Waals surface area contributed by atoms with Gasteiger partial charge in [0.2, 0.25) is 11.9 Å². The third-order valence-corrected chi connectivity index (χ3v) is 8.95. The summed E-state index contributed by atoms with van der Waals surface area (Å²) in [6, 6.07) is 11.1. The van der Waals surface area contributed by atoms with E-state index in [1.165, 1.54) is 0 Å². The fourth-order valence-electron chi connectivity index (χ4n) is 6.15. The lowest BCUT2D eigenvalue weighted by Crippen LogP contribution is -2.44. The molecule has 2 fully saturated rings. The van der Waals surface area contributed by atoms with Gasteiger partial charge in [-0.25, -0.2) is 9.97 Å². The van der Waals surface area contributed by atoms with Gasteiger partial charge in [-0.3, -0.25) is 14.2 Å². The molecule has 6 rings (SSSR count). The van der Waals surface area contributed by atoms with Gasteiger partial charge in [-0.05, 0) is 50.6 Å². The molecule has 224 valence electrons. The number of hydrogen-bond acceptors (Lipinski definition) is 8. The summed E-state index contributed by atoms with van der Waals surface area (Å²) in [4.78, 5) is 47.7. The number of carbonyl (C=O) groups excluding carboxylic acids is 1.